The van der Waals surface area contributed by atoms with E-state index in [1.54, 1.807) is 29.2 Å². The van der Waals surface area contributed by atoms with E-state index in [0.29, 0.717) is 67.2 Å². The van der Waals surface area contributed by atoms with Crippen LogP contribution in [-0.2, 0) is 9.53 Å². The van der Waals surface area contributed by atoms with E-state index in [1.165, 1.54) is 0 Å². The minimum absolute atomic E-state index is 0.000728. The van der Waals surface area contributed by atoms with Crippen LogP contribution in [-0.4, -0.2) is 109 Å². The van der Waals surface area contributed by atoms with Gasteiger partial charge in [0.2, 0.25) is 5.91 Å². The molecule has 2 amide bonds. The van der Waals surface area contributed by atoms with E-state index in [4.69, 9.17) is 27.9 Å². The predicted octanol–water partition coefficient (Wildman–Crippen LogP) is 3.96. The molecule has 216 valence electrons. The van der Waals surface area contributed by atoms with Gasteiger partial charge in [-0.2, -0.15) is 0 Å². The number of benzene rings is 2. The van der Waals surface area contributed by atoms with E-state index in [-0.39, 0.29) is 18.4 Å². The minimum Gasteiger partial charge on any atom is -0.379 e. The van der Waals surface area contributed by atoms with Gasteiger partial charge in [0.25, 0.3) is 5.91 Å². The third-order valence-electron chi connectivity index (χ3n) is 7.48. The summed E-state index contributed by atoms with van der Waals surface area (Å²) in [5.41, 5.74) is 1.96. The molecule has 0 bridgehead atoms. The number of anilines is 1. The Morgan fingerprint density at radius 1 is 0.829 bits per heavy atom. The Kier molecular flexibility index (Phi) is 10.1. The number of nitrogens with zero attached hydrogens (tertiary/aromatic N) is 6. The molecule has 9 nitrogen and oxygen atoms in total. The minimum atomic E-state index is -0.234. The lowest BCUT2D eigenvalue weighted by Crippen LogP contribution is -2.47. The fourth-order valence-corrected chi connectivity index (χ4v) is 5.56. The highest BCUT2D eigenvalue weighted by Gasteiger charge is 2.26. The van der Waals surface area contributed by atoms with Crippen LogP contribution in [0.4, 0.5) is 5.82 Å². The van der Waals surface area contributed by atoms with Crippen molar-refractivity contribution in [3.05, 3.63) is 76.3 Å². The monoisotopic (exact) mass is 596 g/mol. The Labute approximate surface area is 250 Å². The molecular weight excluding hydrogens is 563 g/mol. The fraction of sp³-hybridized carbons (Fsp3) is 0.400. The number of ether oxygens (including phenoxy) is 1. The number of halogens is 2. The van der Waals surface area contributed by atoms with Crippen LogP contribution < -0.4 is 4.90 Å². The summed E-state index contributed by atoms with van der Waals surface area (Å²) in [5.74, 6) is 0.452. The Morgan fingerprint density at radius 2 is 1.59 bits per heavy atom. The predicted molar refractivity (Wildman–Crippen MR) is 161 cm³/mol. The number of morpholine rings is 1. The smallest absolute Gasteiger partial charge is 0.255 e. The van der Waals surface area contributed by atoms with Gasteiger partial charge in [0.1, 0.15) is 6.54 Å². The topological polar surface area (TPSA) is 82.1 Å². The first-order chi connectivity index (χ1) is 20.0. The molecule has 11 heteroatoms. The van der Waals surface area contributed by atoms with Gasteiger partial charge in [-0.05, 0) is 36.8 Å². The molecule has 2 fully saturated rings. The van der Waals surface area contributed by atoms with E-state index in [0.717, 1.165) is 37.4 Å². The van der Waals surface area contributed by atoms with Crippen molar-refractivity contribution >= 4 is 40.8 Å². The summed E-state index contributed by atoms with van der Waals surface area (Å²) >= 11 is 12.7. The third-order valence-corrected chi connectivity index (χ3v) is 8.14. The van der Waals surface area contributed by atoms with Crippen molar-refractivity contribution < 1.29 is 14.3 Å². The maximum absolute atomic E-state index is 13.5. The van der Waals surface area contributed by atoms with E-state index in [2.05, 4.69) is 20.0 Å². The maximum Gasteiger partial charge on any atom is 0.255 e. The molecular formula is C30H34Cl2N6O3. The standard InChI is InChI=1S/C30H34Cl2N6O3/c31-25-8-3-1-6-23(25)27-10-11-28(34-33-27)36-12-5-13-37(17-16-36)29(39)22-38(15-14-35-18-20-41-21-19-35)30(40)24-7-2-4-9-26(24)32/h1-4,6-11H,5,12-22H2. The van der Waals surface area contributed by atoms with Gasteiger partial charge >= 0.3 is 0 Å². The summed E-state index contributed by atoms with van der Waals surface area (Å²) in [5, 5.41) is 9.86. The molecule has 0 N–H and O–H groups in total. The van der Waals surface area contributed by atoms with Crippen molar-refractivity contribution in [2.24, 2.45) is 0 Å². The van der Waals surface area contributed by atoms with Crippen LogP contribution in [0.3, 0.4) is 0 Å². The van der Waals surface area contributed by atoms with E-state index >= 15 is 0 Å². The van der Waals surface area contributed by atoms with Gasteiger partial charge in [0.15, 0.2) is 5.82 Å². The molecule has 1 aromatic heterocycles. The lowest BCUT2D eigenvalue weighted by Gasteiger charge is -2.31. The van der Waals surface area contributed by atoms with Crippen molar-refractivity contribution in [2.45, 2.75) is 6.42 Å². The number of hydrogen-bond donors (Lipinski definition) is 0. The summed E-state index contributed by atoms with van der Waals surface area (Å²) in [6.45, 7) is 6.60. The van der Waals surface area contributed by atoms with Crippen LogP contribution in [0, 0.1) is 0 Å². The molecule has 0 spiro atoms. The Hall–Kier alpha value is -3.24. The average Bonchev–Trinajstić information content (AvgIpc) is 3.27. The summed E-state index contributed by atoms with van der Waals surface area (Å²) in [6, 6.07) is 18.4. The van der Waals surface area contributed by atoms with Crippen LogP contribution in [0.2, 0.25) is 10.0 Å². The summed E-state index contributed by atoms with van der Waals surface area (Å²) in [7, 11) is 0. The molecule has 3 aromatic rings. The zero-order valence-corrected chi connectivity index (χ0v) is 24.4. The molecule has 0 saturated carbocycles. The number of aromatic nitrogens is 2. The number of hydrogen-bond acceptors (Lipinski definition) is 7. The van der Waals surface area contributed by atoms with E-state index in [1.807, 2.05) is 41.3 Å². The van der Waals surface area contributed by atoms with Gasteiger partial charge in [0.05, 0.1) is 34.5 Å². The summed E-state index contributed by atoms with van der Waals surface area (Å²) in [4.78, 5) is 34.9. The van der Waals surface area contributed by atoms with Gasteiger partial charge in [-0.25, -0.2) is 0 Å². The molecule has 2 aliphatic heterocycles. The van der Waals surface area contributed by atoms with Gasteiger partial charge in [-0.3, -0.25) is 14.5 Å². The molecule has 3 heterocycles. The van der Waals surface area contributed by atoms with Crippen LogP contribution >= 0.6 is 23.2 Å². The Balaban J connectivity index is 1.22. The zero-order chi connectivity index (χ0) is 28.6. The van der Waals surface area contributed by atoms with Gasteiger partial charge in [0, 0.05) is 57.9 Å². The third kappa shape index (κ3) is 7.54. The van der Waals surface area contributed by atoms with Gasteiger partial charge in [-0.1, -0.05) is 53.5 Å². The van der Waals surface area contributed by atoms with E-state index in [9.17, 15) is 9.59 Å². The van der Waals surface area contributed by atoms with Gasteiger partial charge < -0.3 is 19.4 Å². The Bertz CT molecular complexity index is 1340. The van der Waals surface area contributed by atoms with Crippen molar-refractivity contribution in [3.8, 4) is 11.3 Å². The molecule has 0 atom stereocenters. The molecule has 2 aliphatic rings. The second-order valence-corrected chi connectivity index (χ2v) is 11.0. The van der Waals surface area contributed by atoms with Crippen LogP contribution in [0.1, 0.15) is 16.8 Å². The average molecular weight is 598 g/mol. The molecule has 2 saturated heterocycles. The van der Waals surface area contributed by atoms with Crippen molar-refractivity contribution in [3.63, 3.8) is 0 Å². The molecule has 0 aliphatic carbocycles. The number of carbonyl (C=O) groups is 2. The van der Waals surface area contributed by atoms with Crippen molar-refractivity contribution in [1.82, 2.24) is 24.9 Å². The van der Waals surface area contributed by atoms with Crippen LogP contribution in [0.15, 0.2) is 60.7 Å². The molecule has 41 heavy (non-hydrogen) atoms. The highest BCUT2D eigenvalue weighted by molar-refractivity contribution is 6.34. The second kappa shape index (κ2) is 14.1. The van der Waals surface area contributed by atoms with Crippen LogP contribution in [0.25, 0.3) is 11.3 Å². The molecule has 2 aromatic carbocycles. The largest absolute Gasteiger partial charge is 0.379 e. The lowest BCUT2D eigenvalue weighted by atomic mass is 10.1. The number of carbonyl (C=O) groups excluding carboxylic acids is 2. The maximum atomic E-state index is 13.5. The van der Waals surface area contributed by atoms with Crippen molar-refractivity contribution in [2.75, 3.05) is 77.0 Å². The SMILES string of the molecule is O=C(CN(CCN1CCOCC1)C(=O)c1ccccc1Cl)N1CCCN(c2ccc(-c3ccccc3Cl)nn2)CC1. The van der Waals surface area contributed by atoms with Gasteiger partial charge in [-0.15, -0.1) is 10.2 Å². The number of amides is 2. The normalized spacial score (nSPS) is 16.3. The van der Waals surface area contributed by atoms with Crippen molar-refractivity contribution in [1.29, 1.82) is 0 Å². The molecule has 0 radical (unpaired) electrons. The quantitative estimate of drug-likeness (QED) is 0.389. The van der Waals surface area contributed by atoms with E-state index < -0.39 is 0 Å². The zero-order valence-electron chi connectivity index (χ0n) is 22.9. The fourth-order valence-electron chi connectivity index (χ4n) is 5.11. The van der Waals surface area contributed by atoms with Crippen LogP contribution in [0.5, 0.6) is 0 Å². The molecule has 0 unspecified atom stereocenters. The first kappa shape index (κ1) is 29.3. The number of rotatable bonds is 8. The molecule has 5 rings (SSSR count). The highest BCUT2D eigenvalue weighted by atomic mass is 35.5. The first-order valence-corrected chi connectivity index (χ1v) is 14.7. The first-order valence-electron chi connectivity index (χ1n) is 13.9. The Morgan fingerprint density at radius 3 is 2.32 bits per heavy atom. The summed E-state index contributed by atoms with van der Waals surface area (Å²) in [6.07, 6.45) is 0.784. The summed E-state index contributed by atoms with van der Waals surface area (Å²) < 4.78 is 5.45. The highest BCUT2D eigenvalue weighted by Crippen LogP contribution is 2.26. The lowest BCUT2D eigenvalue weighted by molar-refractivity contribution is -0.131. The second-order valence-electron chi connectivity index (χ2n) is 10.1.